The van der Waals surface area contributed by atoms with Crippen LogP contribution in [0.15, 0.2) is 12.7 Å². The van der Waals surface area contributed by atoms with Gasteiger partial charge in [-0.05, 0) is 6.92 Å². The summed E-state index contributed by atoms with van der Waals surface area (Å²) in [4.78, 5) is 10.9. The molecule has 0 fully saturated rings. The van der Waals surface area contributed by atoms with Crippen LogP contribution in [0.3, 0.4) is 0 Å². The Labute approximate surface area is 83.9 Å². The van der Waals surface area contributed by atoms with Crippen molar-refractivity contribution >= 4 is 17.7 Å². The van der Waals surface area contributed by atoms with E-state index in [0.717, 1.165) is 18.1 Å². The lowest BCUT2D eigenvalue weighted by molar-refractivity contribution is -0.142. The fourth-order valence-corrected chi connectivity index (χ4v) is 1.37. The Bertz CT molecular complexity index is 162. The quantitative estimate of drug-likeness (QED) is 0.381. The number of ether oxygens (including phenoxy) is 1. The van der Waals surface area contributed by atoms with Gasteiger partial charge >= 0.3 is 5.97 Å². The molecule has 0 saturated carbocycles. The summed E-state index contributed by atoms with van der Waals surface area (Å²) in [6.07, 6.45) is 1.87. The van der Waals surface area contributed by atoms with Gasteiger partial charge in [-0.1, -0.05) is 6.08 Å². The number of carbonyl (C=O) groups excluding carboxylic acids is 1. The number of hydrogen-bond acceptors (Lipinski definition) is 4. The molecule has 76 valence electrons. The molecule has 3 nitrogen and oxygen atoms in total. The van der Waals surface area contributed by atoms with Crippen LogP contribution in [0.25, 0.3) is 0 Å². The van der Waals surface area contributed by atoms with Crippen LogP contribution in [0.5, 0.6) is 0 Å². The third kappa shape index (κ3) is 6.66. The molecule has 0 bridgehead atoms. The van der Waals surface area contributed by atoms with Crippen LogP contribution >= 0.6 is 11.8 Å². The van der Waals surface area contributed by atoms with Crippen molar-refractivity contribution in [3.8, 4) is 0 Å². The van der Waals surface area contributed by atoms with Crippen molar-refractivity contribution in [1.82, 2.24) is 5.32 Å². The topological polar surface area (TPSA) is 38.3 Å². The Morgan fingerprint density at radius 3 is 3.00 bits per heavy atom. The lowest BCUT2D eigenvalue weighted by atomic mass is 10.3. The Balaban J connectivity index is 3.31. The van der Waals surface area contributed by atoms with Crippen molar-refractivity contribution in [2.24, 2.45) is 0 Å². The largest absolute Gasteiger partial charge is 0.468 e. The number of thioether (sulfide) groups is 1. The van der Waals surface area contributed by atoms with E-state index >= 15 is 0 Å². The van der Waals surface area contributed by atoms with Crippen LogP contribution < -0.4 is 5.32 Å². The highest BCUT2D eigenvalue weighted by atomic mass is 32.2. The second-order valence-electron chi connectivity index (χ2n) is 2.56. The summed E-state index contributed by atoms with van der Waals surface area (Å²) in [5.41, 5.74) is 0. The van der Waals surface area contributed by atoms with E-state index in [2.05, 4.69) is 16.6 Å². The first-order valence-corrected chi connectivity index (χ1v) is 5.37. The second kappa shape index (κ2) is 8.13. The molecule has 13 heavy (non-hydrogen) atoms. The van der Waals surface area contributed by atoms with Gasteiger partial charge in [0.25, 0.3) is 0 Å². The fourth-order valence-electron chi connectivity index (χ4n) is 0.774. The van der Waals surface area contributed by atoms with Crippen molar-refractivity contribution < 1.29 is 9.53 Å². The van der Waals surface area contributed by atoms with Crippen molar-refractivity contribution in [2.45, 2.75) is 13.0 Å². The number of esters is 1. The zero-order chi connectivity index (χ0) is 10.1. The molecular formula is C9H17NO2S. The van der Waals surface area contributed by atoms with E-state index in [0.29, 0.717) is 0 Å². The van der Waals surface area contributed by atoms with Crippen LogP contribution in [-0.4, -0.2) is 37.2 Å². The Kier molecular flexibility index (Phi) is 7.83. The molecule has 0 heterocycles. The lowest BCUT2D eigenvalue weighted by Crippen LogP contribution is -2.36. The molecule has 0 aliphatic rings. The summed E-state index contributed by atoms with van der Waals surface area (Å²) >= 11 is 1.78. The smallest absolute Gasteiger partial charge is 0.322 e. The Hall–Kier alpha value is -0.480. The van der Waals surface area contributed by atoms with E-state index < -0.39 is 0 Å². The van der Waals surface area contributed by atoms with Gasteiger partial charge in [0.05, 0.1) is 7.11 Å². The standard InChI is InChI=1S/C9H17NO2S/c1-4-6-13-7-5-10-8(2)9(11)12-3/h4,8,10H,1,5-7H2,2-3H3. The molecule has 0 rings (SSSR count). The average Bonchev–Trinajstić information content (AvgIpc) is 2.16. The molecule has 1 N–H and O–H groups in total. The summed E-state index contributed by atoms with van der Waals surface area (Å²) in [7, 11) is 1.40. The minimum atomic E-state index is -0.214. The number of hydrogen-bond donors (Lipinski definition) is 1. The summed E-state index contributed by atoms with van der Waals surface area (Å²) in [6.45, 7) is 6.23. The SMILES string of the molecule is C=CCSCCNC(C)C(=O)OC. The summed E-state index contributed by atoms with van der Waals surface area (Å²) in [6, 6.07) is -0.214. The van der Waals surface area contributed by atoms with E-state index in [1.165, 1.54) is 7.11 Å². The van der Waals surface area contributed by atoms with Gasteiger partial charge in [-0.15, -0.1) is 6.58 Å². The Morgan fingerprint density at radius 2 is 2.46 bits per heavy atom. The molecule has 0 amide bonds. The van der Waals surface area contributed by atoms with E-state index in [1.54, 1.807) is 18.7 Å². The summed E-state index contributed by atoms with van der Waals surface area (Å²) in [5.74, 6) is 1.72. The fraction of sp³-hybridized carbons (Fsp3) is 0.667. The van der Waals surface area contributed by atoms with Gasteiger partial charge in [-0.3, -0.25) is 4.79 Å². The molecule has 0 aromatic rings. The van der Waals surface area contributed by atoms with E-state index in [9.17, 15) is 4.79 Å². The minimum absolute atomic E-state index is 0.214. The van der Waals surface area contributed by atoms with Crippen molar-refractivity contribution in [2.75, 3.05) is 25.2 Å². The third-order valence-electron chi connectivity index (χ3n) is 1.49. The van der Waals surface area contributed by atoms with Crippen LogP contribution in [0.1, 0.15) is 6.92 Å². The lowest BCUT2D eigenvalue weighted by Gasteiger charge is -2.10. The molecule has 0 aromatic heterocycles. The van der Waals surface area contributed by atoms with Crippen LogP contribution in [0.2, 0.25) is 0 Å². The van der Waals surface area contributed by atoms with E-state index in [1.807, 2.05) is 6.08 Å². The van der Waals surface area contributed by atoms with Crippen molar-refractivity contribution in [3.05, 3.63) is 12.7 Å². The first-order valence-electron chi connectivity index (χ1n) is 4.22. The number of methoxy groups -OCH3 is 1. The maximum atomic E-state index is 10.9. The van der Waals surface area contributed by atoms with Crippen molar-refractivity contribution in [3.63, 3.8) is 0 Å². The molecule has 0 radical (unpaired) electrons. The highest BCUT2D eigenvalue weighted by Gasteiger charge is 2.10. The first-order chi connectivity index (χ1) is 6.22. The number of carbonyl (C=O) groups is 1. The zero-order valence-corrected chi connectivity index (χ0v) is 9.02. The average molecular weight is 203 g/mol. The highest BCUT2D eigenvalue weighted by molar-refractivity contribution is 7.99. The van der Waals surface area contributed by atoms with E-state index in [4.69, 9.17) is 0 Å². The molecule has 0 saturated heterocycles. The van der Waals surface area contributed by atoms with Gasteiger partial charge in [0.1, 0.15) is 6.04 Å². The third-order valence-corrected chi connectivity index (χ3v) is 2.45. The minimum Gasteiger partial charge on any atom is -0.468 e. The van der Waals surface area contributed by atoms with Gasteiger partial charge < -0.3 is 10.1 Å². The first kappa shape index (κ1) is 12.5. The molecule has 0 aliphatic heterocycles. The van der Waals surface area contributed by atoms with Gasteiger partial charge in [0.15, 0.2) is 0 Å². The highest BCUT2D eigenvalue weighted by Crippen LogP contribution is 1.97. The molecule has 0 aliphatic carbocycles. The van der Waals surface area contributed by atoms with Gasteiger partial charge in [-0.2, -0.15) is 11.8 Å². The number of nitrogens with one attached hydrogen (secondary N) is 1. The molecule has 1 unspecified atom stereocenters. The van der Waals surface area contributed by atoms with Gasteiger partial charge in [0, 0.05) is 18.1 Å². The second-order valence-corrected chi connectivity index (χ2v) is 3.71. The molecular weight excluding hydrogens is 186 g/mol. The molecule has 0 aromatic carbocycles. The van der Waals surface area contributed by atoms with Crippen LogP contribution in [-0.2, 0) is 9.53 Å². The molecule has 0 spiro atoms. The van der Waals surface area contributed by atoms with Crippen LogP contribution in [0.4, 0.5) is 0 Å². The predicted molar refractivity (Wildman–Crippen MR) is 57.0 cm³/mol. The molecule has 1 atom stereocenters. The van der Waals surface area contributed by atoms with E-state index in [-0.39, 0.29) is 12.0 Å². The Morgan fingerprint density at radius 1 is 1.77 bits per heavy atom. The normalized spacial score (nSPS) is 12.2. The summed E-state index contributed by atoms with van der Waals surface area (Å²) in [5, 5.41) is 3.06. The zero-order valence-electron chi connectivity index (χ0n) is 8.21. The maximum Gasteiger partial charge on any atom is 0.322 e. The maximum absolute atomic E-state index is 10.9. The predicted octanol–water partition coefficient (Wildman–Crippen LogP) is 1.06. The number of rotatable bonds is 7. The van der Waals surface area contributed by atoms with Crippen molar-refractivity contribution in [1.29, 1.82) is 0 Å². The van der Waals surface area contributed by atoms with Gasteiger partial charge in [-0.25, -0.2) is 0 Å². The van der Waals surface area contributed by atoms with Gasteiger partial charge in [0.2, 0.25) is 0 Å². The monoisotopic (exact) mass is 203 g/mol. The summed E-state index contributed by atoms with van der Waals surface area (Å²) < 4.78 is 4.57. The molecule has 4 heteroatoms. The van der Waals surface area contributed by atoms with Crippen LogP contribution in [0, 0.1) is 0 Å².